The Morgan fingerprint density at radius 1 is 1.32 bits per heavy atom. The maximum Gasteiger partial charge on any atom is 0.411 e. The summed E-state index contributed by atoms with van der Waals surface area (Å²) >= 11 is 1.63. The normalized spacial score (nSPS) is 11.8. The molecule has 108 valence electrons. The minimum Gasteiger partial charge on any atom is -0.372 e. The van der Waals surface area contributed by atoms with Gasteiger partial charge in [0.25, 0.3) is 0 Å². The third kappa shape index (κ3) is 8.13. The number of rotatable bonds is 8. The van der Waals surface area contributed by atoms with E-state index in [9.17, 15) is 13.2 Å². The first kappa shape index (κ1) is 16.3. The molecule has 0 radical (unpaired) electrons. The fourth-order valence-electron chi connectivity index (χ4n) is 1.49. The Kier molecular flexibility index (Phi) is 7.27. The van der Waals surface area contributed by atoms with E-state index in [2.05, 4.69) is 16.1 Å². The fourth-order valence-corrected chi connectivity index (χ4v) is 2.40. The molecule has 1 aromatic rings. The summed E-state index contributed by atoms with van der Waals surface area (Å²) in [4.78, 5) is 1.13. The van der Waals surface area contributed by atoms with Crippen molar-refractivity contribution in [3.05, 3.63) is 29.8 Å². The summed E-state index contributed by atoms with van der Waals surface area (Å²) < 4.78 is 40.0. The van der Waals surface area contributed by atoms with Crippen LogP contribution in [0.1, 0.15) is 12.0 Å². The van der Waals surface area contributed by atoms with Gasteiger partial charge in [0.15, 0.2) is 0 Å². The summed E-state index contributed by atoms with van der Waals surface area (Å²) in [5, 5.41) is 3.07. The lowest BCUT2D eigenvalue weighted by atomic mass is 10.2. The number of halogens is 3. The van der Waals surface area contributed by atoms with Gasteiger partial charge in [-0.15, -0.1) is 11.8 Å². The van der Waals surface area contributed by atoms with Crippen molar-refractivity contribution >= 4 is 11.8 Å². The van der Waals surface area contributed by atoms with E-state index in [1.165, 1.54) is 5.56 Å². The topological polar surface area (TPSA) is 21.3 Å². The van der Waals surface area contributed by atoms with Crippen molar-refractivity contribution in [1.82, 2.24) is 5.32 Å². The molecule has 1 rings (SSSR count). The maximum atomic E-state index is 11.8. The molecule has 0 aromatic heterocycles. The minimum absolute atomic E-state index is 0.142. The van der Waals surface area contributed by atoms with Gasteiger partial charge in [0.2, 0.25) is 0 Å². The number of hydrogen-bond acceptors (Lipinski definition) is 3. The fraction of sp³-hybridized carbons (Fsp3) is 0.538. The molecular formula is C13H18F3NOS. The zero-order chi connectivity index (χ0) is 14.1. The predicted molar refractivity (Wildman–Crippen MR) is 71.4 cm³/mol. The molecule has 19 heavy (non-hydrogen) atoms. The van der Waals surface area contributed by atoms with Gasteiger partial charge >= 0.3 is 6.18 Å². The van der Waals surface area contributed by atoms with Crippen molar-refractivity contribution in [2.45, 2.75) is 24.0 Å². The smallest absolute Gasteiger partial charge is 0.372 e. The zero-order valence-electron chi connectivity index (χ0n) is 10.8. The summed E-state index contributed by atoms with van der Waals surface area (Å²) in [7, 11) is 1.89. The molecule has 1 aromatic carbocycles. The van der Waals surface area contributed by atoms with Crippen LogP contribution < -0.4 is 5.32 Å². The van der Waals surface area contributed by atoms with Crippen molar-refractivity contribution < 1.29 is 17.9 Å². The molecule has 0 atom stereocenters. The van der Waals surface area contributed by atoms with Crippen LogP contribution in [-0.4, -0.2) is 32.2 Å². The first-order valence-corrected chi connectivity index (χ1v) is 7.00. The van der Waals surface area contributed by atoms with Crippen molar-refractivity contribution in [3.63, 3.8) is 0 Å². The van der Waals surface area contributed by atoms with Gasteiger partial charge in [0.05, 0.1) is 0 Å². The van der Waals surface area contributed by atoms with Gasteiger partial charge in [-0.05, 0) is 31.2 Å². The van der Waals surface area contributed by atoms with E-state index >= 15 is 0 Å². The Balaban J connectivity index is 2.17. The van der Waals surface area contributed by atoms with Crippen molar-refractivity contribution in [2.24, 2.45) is 0 Å². The Morgan fingerprint density at radius 3 is 2.79 bits per heavy atom. The van der Waals surface area contributed by atoms with Crippen LogP contribution in [0.5, 0.6) is 0 Å². The number of alkyl halides is 3. The van der Waals surface area contributed by atoms with Crippen LogP contribution in [0.25, 0.3) is 0 Å². The molecule has 1 N–H and O–H groups in total. The average Bonchev–Trinajstić information content (AvgIpc) is 2.33. The second-order valence-corrected chi connectivity index (χ2v) is 5.22. The van der Waals surface area contributed by atoms with Gasteiger partial charge in [-0.3, -0.25) is 0 Å². The highest BCUT2D eigenvalue weighted by Crippen LogP contribution is 2.20. The summed E-state index contributed by atoms with van der Waals surface area (Å²) in [5.41, 5.74) is 1.20. The summed E-state index contributed by atoms with van der Waals surface area (Å²) in [5.74, 6) is 0.751. The molecule has 0 unspecified atom stereocenters. The largest absolute Gasteiger partial charge is 0.411 e. The number of hydrogen-bond donors (Lipinski definition) is 1. The van der Waals surface area contributed by atoms with Gasteiger partial charge in [-0.2, -0.15) is 13.2 Å². The van der Waals surface area contributed by atoms with Crippen LogP contribution in [0.4, 0.5) is 13.2 Å². The van der Waals surface area contributed by atoms with Crippen LogP contribution in [0, 0.1) is 0 Å². The van der Waals surface area contributed by atoms with Crippen LogP contribution in [-0.2, 0) is 11.3 Å². The lowest BCUT2D eigenvalue weighted by Crippen LogP contribution is -2.17. The molecule has 0 saturated heterocycles. The van der Waals surface area contributed by atoms with E-state index < -0.39 is 12.8 Å². The van der Waals surface area contributed by atoms with Gasteiger partial charge < -0.3 is 10.1 Å². The van der Waals surface area contributed by atoms with E-state index in [0.717, 1.165) is 17.2 Å². The highest BCUT2D eigenvalue weighted by molar-refractivity contribution is 7.99. The molecule has 6 heteroatoms. The molecule has 0 amide bonds. The first-order valence-electron chi connectivity index (χ1n) is 6.02. The number of thioether (sulfide) groups is 1. The second-order valence-electron chi connectivity index (χ2n) is 4.05. The molecular weight excluding hydrogens is 275 g/mol. The van der Waals surface area contributed by atoms with Crippen LogP contribution in [0.15, 0.2) is 29.2 Å². The molecule has 0 bridgehead atoms. The van der Waals surface area contributed by atoms with Crippen LogP contribution >= 0.6 is 11.8 Å². The average molecular weight is 293 g/mol. The minimum atomic E-state index is -4.23. The molecule has 0 saturated carbocycles. The molecule has 0 aliphatic carbocycles. The third-order valence-electron chi connectivity index (χ3n) is 2.25. The molecule has 0 fully saturated rings. The molecule has 0 spiro atoms. The van der Waals surface area contributed by atoms with E-state index in [-0.39, 0.29) is 6.61 Å². The lowest BCUT2D eigenvalue weighted by molar-refractivity contribution is -0.173. The predicted octanol–water partition coefficient (Wildman–Crippen LogP) is 3.47. The van der Waals surface area contributed by atoms with E-state index in [0.29, 0.717) is 6.42 Å². The highest BCUT2D eigenvalue weighted by atomic mass is 32.2. The molecule has 0 aliphatic heterocycles. The Labute approximate surface area is 115 Å². The zero-order valence-corrected chi connectivity index (χ0v) is 11.6. The van der Waals surface area contributed by atoms with E-state index in [1.54, 1.807) is 11.8 Å². The van der Waals surface area contributed by atoms with Crippen molar-refractivity contribution in [1.29, 1.82) is 0 Å². The van der Waals surface area contributed by atoms with Gasteiger partial charge in [-0.25, -0.2) is 0 Å². The van der Waals surface area contributed by atoms with Crippen molar-refractivity contribution in [2.75, 3.05) is 26.0 Å². The maximum absolute atomic E-state index is 11.8. The molecule has 2 nitrogen and oxygen atoms in total. The monoisotopic (exact) mass is 293 g/mol. The highest BCUT2D eigenvalue weighted by Gasteiger charge is 2.27. The Bertz CT molecular complexity index is 371. The SMILES string of the molecule is CNCc1cccc(SCCCOCC(F)(F)F)c1. The van der Waals surface area contributed by atoms with E-state index in [4.69, 9.17) is 0 Å². The molecule has 0 aliphatic rings. The standard InChI is InChI=1S/C13H18F3NOS/c1-17-9-11-4-2-5-12(8-11)19-7-3-6-18-10-13(14,15)16/h2,4-5,8,17H,3,6-7,9-10H2,1H3. The number of nitrogens with one attached hydrogen (secondary N) is 1. The summed E-state index contributed by atoms with van der Waals surface area (Å²) in [6.45, 7) is -0.207. The number of ether oxygens (including phenoxy) is 1. The molecule has 0 heterocycles. The van der Waals surface area contributed by atoms with Gasteiger partial charge in [0.1, 0.15) is 6.61 Å². The van der Waals surface area contributed by atoms with Crippen LogP contribution in [0.2, 0.25) is 0 Å². The van der Waals surface area contributed by atoms with Gasteiger partial charge in [-0.1, -0.05) is 12.1 Å². The number of benzene rings is 1. The Morgan fingerprint density at radius 2 is 2.11 bits per heavy atom. The van der Waals surface area contributed by atoms with Gasteiger partial charge in [0, 0.05) is 23.8 Å². The Hall–Kier alpha value is -0.720. The third-order valence-corrected chi connectivity index (χ3v) is 3.33. The summed E-state index contributed by atoms with van der Waals surface area (Å²) in [6, 6.07) is 8.10. The summed E-state index contributed by atoms with van der Waals surface area (Å²) in [6.07, 6.45) is -3.62. The van der Waals surface area contributed by atoms with Crippen LogP contribution in [0.3, 0.4) is 0 Å². The first-order chi connectivity index (χ1) is 9.01. The van der Waals surface area contributed by atoms with E-state index in [1.807, 2.05) is 25.2 Å². The van der Waals surface area contributed by atoms with Crippen molar-refractivity contribution in [3.8, 4) is 0 Å². The lowest BCUT2D eigenvalue weighted by Gasteiger charge is -2.07. The quantitative estimate of drug-likeness (QED) is 0.586. The second kappa shape index (κ2) is 8.45.